The summed E-state index contributed by atoms with van der Waals surface area (Å²) in [5.41, 5.74) is 2.52. The predicted molar refractivity (Wildman–Crippen MR) is 109 cm³/mol. The molecular formula is C20H21N5O2S. The SMILES string of the molecule is Cc1nc(-c2ccccc2)sc1C(=O)NCc1ccnc(N2CCOCC2)n1. The summed E-state index contributed by atoms with van der Waals surface area (Å²) in [6.07, 6.45) is 1.73. The zero-order valence-electron chi connectivity index (χ0n) is 15.6. The van der Waals surface area contributed by atoms with Gasteiger partial charge in [-0.25, -0.2) is 15.0 Å². The lowest BCUT2D eigenvalue weighted by atomic mass is 10.2. The number of aromatic nitrogens is 3. The van der Waals surface area contributed by atoms with E-state index >= 15 is 0 Å². The van der Waals surface area contributed by atoms with Crippen LogP contribution in [0.3, 0.4) is 0 Å². The van der Waals surface area contributed by atoms with Gasteiger partial charge in [0.15, 0.2) is 0 Å². The molecule has 28 heavy (non-hydrogen) atoms. The van der Waals surface area contributed by atoms with Crippen LogP contribution in [0.25, 0.3) is 10.6 Å². The molecule has 0 unspecified atom stereocenters. The van der Waals surface area contributed by atoms with Crippen LogP contribution in [0.1, 0.15) is 21.1 Å². The van der Waals surface area contributed by atoms with Gasteiger partial charge in [-0.15, -0.1) is 11.3 Å². The molecule has 7 nitrogen and oxygen atoms in total. The number of nitrogens with zero attached hydrogens (tertiary/aromatic N) is 4. The van der Waals surface area contributed by atoms with Gasteiger partial charge in [0, 0.05) is 24.8 Å². The molecule has 1 amide bonds. The van der Waals surface area contributed by atoms with Crippen molar-refractivity contribution in [1.82, 2.24) is 20.3 Å². The van der Waals surface area contributed by atoms with E-state index in [2.05, 4.69) is 25.2 Å². The van der Waals surface area contributed by atoms with Crippen molar-refractivity contribution >= 4 is 23.2 Å². The summed E-state index contributed by atoms with van der Waals surface area (Å²) in [4.78, 5) is 28.8. The van der Waals surface area contributed by atoms with Crippen LogP contribution in [-0.4, -0.2) is 47.2 Å². The molecule has 144 valence electrons. The van der Waals surface area contributed by atoms with Crippen LogP contribution in [-0.2, 0) is 11.3 Å². The van der Waals surface area contributed by atoms with Gasteiger partial charge >= 0.3 is 0 Å². The Balaban J connectivity index is 1.43. The molecule has 2 aromatic heterocycles. The molecule has 0 saturated carbocycles. The second-order valence-corrected chi connectivity index (χ2v) is 7.43. The highest BCUT2D eigenvalue weighted by Crippen LogP contribution is 2.27. The number of ether oxygens (including phenoxy) is 1. The predicted octanol–water partition coefficient (Wildman–Crippen LogP) is 2.68. The quantitative estimate of drug-likeness (QED) is 0.715. The number of carbonyl (C=O) groups excluding carboxylic acids is 1. The van der Waals surface area contributed by atoms with Crippen molar-refractivity contribution in [2.24, 2.45) is 0 Å². The molecular weight excluding hydrogens is 374 g/mol. The standard InChI is InChI=1S/C20H21N5O2S/c1-14-17(28-19(23-14)15-5-3-2-4-6-15)18(26)22-13-16-7-8-21-20(24-16)25-9-11-27-12-10-25/h2-8H,9-13H2,1H3,(H,22,26). The van der Waals surface area contributed by atoms with Gasteiger partial charge in [-0.2, -0.15) is 0 Å². The minimum Gasteiger partial charge on any atom is -0.378 e. The summed E-state index contributed by atoms with van der Waals surface area (Å²) in [7, 11) is 0. The van der Waals surface area contributed by atoms with Crippen LogP contribution in [0.15, 0.2) is 42.6 Å². The van der Waals surface area contributed by atoms with Crippen molar-refractivity contribution in [3.8, 4) is 10.6 Å². The molecule has 1 N–H and O–H groups in total. The molecule has 1 saturated heterocycles. The maximum atomic E-state index is 12.7. The van der Waals surface area contributed by atoms with Gasteiger partial charge in [-0.1, -0.05) is 30.3 Å². The molecule has 3 aromatic rings. The number of thiazole rings is 1. The van der Waals surface area contributed by atoms with E-state index in [-0.39, 0.29) is 5.91 Å². The van der Waals surface area contributed by atoms with Gasteiger partial charge in [0.1, 0.15) is 9.88 Å². The second kappa shape index (κ2) is 8.45. The van der Waals surface area contributed by atoms with Crippen molar-refractivity contribution in [2.75, 3.05) is 31.2 Å². The van der Waals surface area contributed by atoms with Crippen LogP contribution in [0.2, 0.25) is 0 Å². The summed E-state index contributed by atoms with van der Waals surface area (Å²) in [5.74, 6) is 0.541. The molecule has 0 radical (unpaired) electrons. The molecule has 0 spiro atoms. The average Bonchev–Trinajstić information content (AvgIpc) is 3.15. The molecule has 0 atom stereocenters. The van der Waals surface area contributed by atoms with Gasteiger partial charge in [0.25, 0.3) is 5.91 Å². The third kappa shape index (κ3) is 4.18. The average molecular weight is 395 g/mol. The first-order valence-corrected chi connectivity index (χ1v) is 9.98. The van der Waals surface area contributed by atoms with Crippen molar-refractivity contribution in [1.29, 1.82) is 0 Å². The van der Waals surface area contributed by atoms with E-state index in [1.54, 1.807) is 6.20 Å². The number of nitrogens with one attached hydrogen (secondary N) is 1. The highest BCUT2D eigenvalue weighted by atomic mass is 32.1. The Hall–Kier alpha value is -2.84. The summed E-state index contributed by atoms with van der Waals surface area (Å²) in [6.45, 7) is 5.11. The number of hydrogen-bond donors (Lipinski definition) is 1. The van der Waals surface area contributed by atoms with Gasteiger partial charge in [0.05, 0.1) is 31.1 Å². The monoisotopic (exact) mass is 395 g/mol. The van der Waals surface area contributed by atoms with Crippen molar-refractivity contribution in [3.63, 3.8) is 0 Å². The molecule has 4 rings (SSSR count). The van der Waals surface area contributed by atoms with Crippen molar-refractivity contribution < 1.29 is 9.53 Å². The van der Waals surface area contributed by atoms with Gasteiger partial charge < -0.3 is 15.0 Å². The first-order chi connectivity index (χ1) is 13.7. The Bertz CT molecular complexity index is 954. The lowest BCUT2D eigenvalue weighted by Gasteiger charge is -2.26. The number of carbonyl (C=O) groups is 1. The molecule has 0 bridgehead atoms. The molecule has 1 aliphatic heterocycles. The molecule has 8 heteroatoms. The van der Waals surface area contributed by atoms with E-state index in [1.807, 2.05) is 43.3 Å². The number of rotatable bonds is 5. The van der Waals surface area contributed by atoms with Crippen LogP contribution >= 0.6 is 11.3 Å². The third-order valence-electron chi connectivity index (χ3n) is 4.45. The summed E-state index contributed by atoms with van der Waals surface area (Å²) in [6, 6.07) is 11.7. The smallest absolute Gasteiger partial charge is 0.263 e. The summed E-state index contributed by atoms with van der Waals surface area (Å²) >= 11 is 1.40. The fraction of sp³-hybridized carbons (Fsp3) is 0.300. The highest BCUT2D eigenvalue weighted by Gasteiger charge is 2.17. The zero-order valence-corrected chi connectivity index (χ0v) is 16.4. The first-order valence-electron chi connectivity index (χ1n) is 9.16. The van der Waals surface area contributed by atoms with E-state index in [0.717, 1.165) is 35.0 Å². The molecule has 3 heterocycles. The second-order valence-electron chi connectivity index (χ2n) is 6.43. The molecule has 1 aromatic carbocycles. The normalized spacial score (nSPS) is 14.1. The Morgan fingerprint density at radius 2 is 1.96 bits per heavy atom. The largest absolute Gasteiger partial charge is 0.378 e. The lowest BCUT2D eigenvalue weighted by Crippen LogP contribution is -2.37. The van der Waals surface area contributed by atoms with Crippen LogP contribution in [0, 0.1) is 6.92 Å². The first kappa shape index (κ1) is 18.5. The van der Waals surface area contributed by atoms with Crippen molar-refractivity contribution in [2.45, 2.75) is 13.5 Å². The third-order valence-corrected chi connectivity index (χ3v) is 5.65. The molecule has 0 aliphatic carbocycles. The van der Waals surface area contributed by atoms with Crippen LogP contribution in [0.5, 0.6) is 0 Å². The van der Waals surface area contributed by atoms with Gasteiger partial charge in [0.2, 0.25) is 5.95 Å². The Morgan fingerprint density at radius 3 is 2.75 bits per heavy atom. The lowest BCUT2D eigenvalue weighted by molar-refractivity contribution is 0.0953. The number of anilines is 1. The zero-order chi connectivity index (χ0) is 19.3. The molecule has 1 aliphatic rings. The number of amides is 1. The Morgan fingerprint density at radius 1 is 1.18 bits per heavy atom. The van der Waals surface area contributed by atoms with Crippen molar-refractivity contribution in [3.05, 3.63) is 58.9 Å². The number of morpholine rings is 1. The number of hydrogen-bond acceptors (Lipinski definition) is 7. The Kier molecular flexibility index (Phi) is 5.59. The number of aryl methyl sites for hydroxylation is 1. The van der Waals surface area contributed by atoms with Crippen LogP contribution < -0.4 is 10.2 Å². The van der Waals surface area contributed by atoms with E-state index < -0.39 is 0 Å². The summed E-state index contributed by atoms with van der Waals surface area (Å²) < 4.78 is 5.37. The van der Waals surface area contributed by atoms with Crippen LogP contribution in [0.4, 0.5) is 5.95 Å². The topological polar surface area (TPSA) is 80.2 Å². The minimum absolute atomic E-state index is 0.135. The van der Waals surface area contributed by atoms with E-state index in [0.29, 0.717) is 30.6 Å². The van der Waals surface area contributed by atoms with Gasteiger partial charge in [-0.05, 0) is 13.0 Å². The van der Waals surface area contributed by atoms with E-state index in [1.165, 1.54) is 11.3 Å². The summed E-state index contributed by atoms with van der Waals surface area (Å²) in [5, 5.41) is 3.80. The van der Waals surface area contributed by atoms with E-state index in [9.17, 15) is 4.79 Å². The minimum atomic E-state index is -0.135. The maximum absolute atomic E-state index is 12.7. The fourth-order valence-electron chi connectivity index (χ4n) is 2.96. The van der Waals surface area contributed by atoms with Gasteiger partial charge in [-0.3, -0.25) is 4.79 Å². The Labute approximate surface area is 167 Å². The molecule has 1 fully saturated rings. The highest BCUT2D eigenvalue weighted by molar-refractivity contribution is 7.17. The number of benzene rings is 1. The maximum Gasteiger partial charge on any atom is 0.263 e. The van der Waals surface area contributed by atoms with E-state index in [4.69, 9.17) is 4.74 Å². The fourth-order valence-corrected chi connectivity index (χ4v) is 3.95.